The van der Waals surface area contributed by atoms with Crippen molar-refractivity contribution in [1.82, 2.24) is 9.13 Å². The smallest absolute Gasteiger partial charge is 0.308 e. The van der Waals surface area contributed by atoms with Crippen molar-refractivity contribution in [2.24, 2.45) is 0 Å². The van der Waals surface area contributed by atoms with Gasteiger partial charge in [0.25, 0.3) is 0 Å². The van der Waals surface area contributed by atoms with Crippen molar-refractivity contribution in [3.8, 4) is 56.9 Å². The lowest BCUT2D eigenvalue weighted by Gasteiger charge is -2.21. The van der Waals surface area contributed by atoms with Crippen molar-refractivity contribution in [3.63, 3.8) is 0 Å². The molecule has 0 fully saturated rings. The second-order valence-corrected chi connectivity index (χ2v) is 17.1. The molecule has 4 nitrogen and oxygen atoms in total. The maximum atomic E-state index is 15.1. The van der Waals surface area contributed by atoms with Crippen LogP contribution in [0.15, 0.2) is 152 Å². The monoisotopic (exact) mass is 1030 g/mol. The third-order valence-corrected chi connectivity index (χ3v) is 12.7. The minimum atomic E-state index is -5.31. The molecule has 10 aromatic rings. The molecule has 0 unspecified atom stereocenters. The standard InChI is InChI=1S/C55H25F15N4/c56-51(57,58)32-12-17-34(43(24-32)54(65,66)67)29-10-15-39-37-5-1-3-7-45(37)73(47(39)20-29)49-22-31(36-14-9-28(26-71)19-42(36)53(62,63)64)23-50(41(49)27-72)74-46-8-4-2-6-38(46)40-16-11-30(21-48(40)74)35-18-13-33(52(59,60)61)25-44(35)55(68,69)70/h1-25H. The Hall–Kier alpha value is -8.71. The van der Waals surface area contributed by atoms with Gasteiger partial charge < -0.3 is 9.13 Å². The number of para-hydroxylation sites is 2. The first-order valence-corrected chi connectivity index (χ1v) is 21.6. The molecule has 0 radical (unpaired) electrons. The highest BCUT2D eigenvalue weighted by molar-refractivity contribution is 6.12. The van der Waals surface area contributed by atoms with Gasteiger partial charge in [0, 0.05) is 21.5 Å². The van der Waals surface area contributed by atoms with Crippen molar-refractivity contribution in [2.75, 3.05) is 0 Å². The molecular formula is C55H25F15N4. The van der Waals surface area contributed by atoms with Gasteiger partial charge in [-0.05, 0) is 106 Å². The minimum absolute atomic E-state index is 0.0266. The van der Waals surface area contributed by atoms with E-state index in [0.717, 1.165) is 12.1 Å². The Morgan fingerprint density at radius 3 is 1.09 bits per heavy atom. The van der Waals surface area contributed by atoms with Gasteiger partial charge in [-0.15, -0.1) is 0 Å². The summed E-state index contributed by atoms with van der Waals surface area (Å²) in [6.45, 7) is 0. The predicted molar refractivity (Wildman–Crippen MR) is 246 cm³/mol. The highest BCUT2D eigenvalue weighted by atomic mass is 19.4. The summed E-state index contributed by atoms with van der Waals surface area (Å²) < 4.78 is 219. The third kappa shape index (κ3) is 8.27. The third-order valence-electron chi connectivity index (χ3n) is 12.7. The Bertz CT molecular complexity index is 3820. The quantitative estimate of drug-likeness (QED) is 0.161. The SMILES string of the molecule is N#Cc1ccc(-c2cc(-n3c4ccccc4c4ccc(-c5ccc(C(F)(F)F)cc5C(F)(F)F)cc43)c(C#N)c(-n3c4ccccc4c4ccc(-c5ccc(C(F)(F)F)cc5C(F)(F)F)cc43)c2)c(C(F)(F)F)c1. The van der Waals surface area contributed by atoms with Gasteiger partial charge in [-0.3, -0.25) is 0 Å². The normalized spacial score (nSPS) is 12.8. The summed E-state index contributed by atoms with van der Waals surface area (Å²) >= 11 is 0. The lowest BCUT2D eigenvalue weighted by Crippen LogP contribution is -2.12. The van der Waals surface area contributed by atoms with E-state index in [9.17, 15) is 63.2 Å². The Balaban J connectivity index is 1.34. The maximum absolute atomic E-state index is 15.1. The number of hydrogen-bond acceptors (Lipinski definition) is 2. The number of benzene rings is 8. The van der Waals surface area contributed by atoms with Gasteiger partial charge in [0.1, 0.15) is 11.6 Å². The molecule has 74 heavy (non-hydrogen) atoms. The first kappa shape index (κ1) is 48.9. The molecule has 370 valence electrons. The fraction of sp³-hybridized carbons (Fsp3) is 0.0909. The van der Waals surface area contributed by atoms with Gasteiger partial charge in [-0.1, -0.05) is 78.9 Å². The summed E-state index contributed by atoms with van der Waals surface area (Å²) in [6, 6.07) is 31.4. The number of hydrogen-bond donors (Lipinski definition) is 0. The molecule has 0 aliphatic carbocycles. The molecule has 8 aromatic carbocycles. The highest BCUT2D eigenvalue weighted by Gasteiger charge is 2.41. The van der Waals surface area contributed by atoms with E-state index in [1.54, 1.807) is 54.6 Å². The molecule has 0 bridgehead atoms. The predicted octanol–water partition coefficient (Wildman–Crippen LogP) is 17.7. The number of rotatable bonds is 5. The van der Waals surface area contributed by atoms with Crippen LogP contribution in [0.2, 0.25) is 0 Å². The maximum Gasteiger partial charge on any atom is 0.417 e. The zero-order valence-electron chi connectivity index (χ0n) is 36.9. The number of halogens is 15. The fourth-order valence-electron chi connectivity index (χ4n) is 9.54. The molecule has 0 aliphatic heterocycles. The van der Waals surface area contributed by atoms with E-state index in [0.29, 0.717) is 51.9 Å². The van der Waals surface area contributed by atoms with E-state index < -0.39 is 75.4 Å². The second-order valence-electron chi connectivity index (χ2n) is 17.1. The highest BCUT2D eigenvalue weighted by Crippen LogP contribution is 2.48. The van der Waals surface area contributed by atoms with Crippen LogP contribution >= 0.6 is 0 Å². The van der Waals surface area contributed by atoms with Crippen LogP contribution in [0, 0.1) is 22.7 Å². The topological polar surface area (TPSA) is 57.4 Å². The van der Waals surface area contributed by atoms with E-state index in [1.807, 2.05) is 0 Å². The van der Waals surface area contributed by atoms with Gasteiger partial charge in [0.05, 0.1) is 72.9 Å². The molecule has 0 aliphatic rings. The summed E-state index contributed by atoms with van der Waals surface area (Å²) in [7, 11) is 0. The molecule has 0 atom stereocenters. The molecule has 10 rings (SSSR count). The first-order valence-electron chi connectivity index (χ1n) is 21.6. The number of nitrogens with zero attached hydrogens (tertiary/aromatic N) is 4. The molecule has 0 spiro atoms. The first-order chi connectivity index (χ1) is 34.8. The van der Waals surface area contributed by atoms with E-state index in [2.05, 4.69) is 6.07 Å². The number of aromatic nitrogens is 2. The Morgan fingerprint density at radius 2 is 0.703 bits per heavy atom. The zero-order valence-corrected chi connectivity index (χ0v) is 36.9. The Morgan fingerprint density at radius 1 is 0.324 bits per heavy atom. The van der Waals surface area contributed by atoms with Crippen molar-refractivity contribution in [2.45, 2.75) is 30.9 Å². The Labute approximate surface area is 406 Å². The van der Waals surface area contributed by atoms with E-state index in [4.69, 9.17) is 0 Å². The van der Waals surface area contributed by atoms with E-state index in [1.165, 1.54) is 57.7 Å². The summed E-state index contributed by atoms with van der Waals surface area (Å²) in [4.78, 5) is 0. The summed E-state index contributed by atoms with van der Waals surface area (Å²) in [5.41, 5.74) is -11.0. The van der Waals surface area contributed by atoms with Crippen molar-refractivity contribution < 1.29 is 65.9 Å². The van der Waals surface area contributed by atoms with Crippen LogP contribution in [0.5, 0.6) is 0 Å². The molecule has 0 saturated heterocycles. The molecule has 2 aromatic heterocycles. The zero-order chi connectivity index (χ0) is 53.0. The number of fused-ring (bicyclic) bond motifs is 6. The van der Waals surface area contributed by atoms with Gasteiger partial charge in [-0.2, -0.15) is 76.4 Å². The molecule has 0 N–H and O–H groups in total. The fourth-order valence-corrected chi connectivity index (χ4v) is 9.54. The van der Waals surface area contributed by atoms with Crippen LogP contribution in [-0.4, -0.2) is 9.13 Å². The molecule has 2 heterocycles. The van der Waals surface area contributed by atoms with E-state index in [-0.39, 0.29) is 73.4 Å². The Kier molecular flexibility index (Phi) is 11.2. The van der Waals surface area contributed by atoms with Gasteiger partial charge in [0.2, 0.25) is 0 Å². The molecule has 0 amide bonds. The number of alkyl halides is 15. The lowest BCUT2D eigenvalue weighted by atomic mass is 9.94. The average Bonchev–Trinajstić information content (AvgIpc) is 3.86. The molecular weight excluding hydrogens is 1000 g/mol. The van der Waals surface area contributed by atoms with Crippen LogP contribution in [0.25, 0.3) is 88.4 Å². The van der Waals surface area contributed by atoms with Crippen LogP contribution in [0.1, 0.15) is 38.9 Å². The average molecular weight is 1030 g/mol. The van der Waals surface area contributed by atoms with Crippen LogP contribution < -0.4 is 0 Å². The largest absolute Gasteiger partial charge is 0.417 e. The van der Waals surface area contributed by atoms with Crippen LogP contribution in [-0.2, 0) is 30.9 Å². The molecule has 0 saturated carbocycles. The summed E-state index contributed by atoms with van der Waals surface area (Å²) in [5.74, 6) is 0. The van der Waals surface area contributed by atoms with Crippen molar-refractivity contribution in [1.29, 1.82) is 10.5 Å². The number of nitriles is 2. The second kappa shape index (κ2) is 16.9. The lowest BCUT2D eigenvalue weighted by molar-refractivity contribution is -0.144. The molecule has 19 heteroatoms. The van der Waals surface area contributed by atoms with E-state index >= 15 is 13.2 Å². The van der Waals surface area contributed by atoms with Gasteiger partial charge >= 0.3 is 30.9 Å². The summed E-state index contributed by atoms with van der Waals surface area (Å²) in [5, 5.41) is 22.5. The van der Waals surface area contributed by atoms with Crippen molar-refractivity contribution in [3.05, 3.63) is 191 Å². The summed E-state index contributed by atoms with van der Waals surface area (Å²) in [6.07, 6.45) is -26.1. The van der Waals surface area contributed by atoms with Crippen LogP contribution in [0.4, 0.5) is 65.9 Å². The van der Waals surface area contributed by atoms with Crippen LogP contribution in [0.3, 0.4) is 0 Å². The minimum Gasteiger partial charge on any atom is -0.308 e. The van der Waals surface area contributed by atoms with Gasteiger partial charge in [0.15, 0.2) is 0 Å². The van der Waals surface area contributed by atoms with Gasteiger partial charge in [-0.25, -0.2) is 0 Å². The van der Waals surface area contributed by atoms with Crippen molar-refractivity contribution >= 4 is 43.6 Å².